The third-order valence-electron chi connectivity index (χ3n) is 3.41. The van der Waals surface area contributed by atoms with Crippen LogP contribution < -0.4 is 11.1 Å². The van der Waals surface area contributed by atoms with Gasteiger partial charge in [-0.3, -0.25) is 4.79 Å². The Hall–Kier alpha value is -2.79. The molecule has 4 nitrogen and oxygen atoms in total. The Bertz CT molecular complexity index is 837. The SMILES string of the molecule is Nc1ncccc1C(=O)NCc1cccc(Sc2ccccc2)c1. The lowest BCUT2D eigenvalue weighted by Gasteiger charge is -2.08. The Morgan fingerprint density at radius 2 is 1.79 bits per heavy atom. The van der Waals surface area contributed by atoms with E-state index in [1.165, 1.54) is 4.90 Å². The molecule has 0 atom stereocenters. The molecule has 0 saturated heterocycles. The third-order valence-corrected chi connectivity index (χ3v) is 4.41. The Kier molecular flexibility index (Phi) is 5.13. The van der Waals surface area contributed by atoms with Gasteiger partial charge in [-0.25, -0.2) is 4.98 Å². The first-order valence-electron chi connectivity index (χ1n) is 7.53. The Morgan fingerprint density at radius 3 is 2.58 bits per heavy atom. The molecule has 0 aliphatic heterocycles. The summed E-state index contributed by atoms with van der Waals surface area (Å²) in [5.74, 6) is 0.0186. The predicted octanol–water partition coefficient (Wildman–Crippen LogP) is 3.75. The molecule has 0 fully saturated rings. The number of hydrogen-bond donors (Lipinski definition) is 2. The van der Waals surface area contributed by atoms with Crippen molar-refractivity contribution in [3.05, 3.63) is 84.1 Å². The van der Waals surface area contributed by atoms with E-state index in [9.17, 15) is 4.79 Å². The molecule has 0 unspecified atom stereocenters. The largest absolute Gasteiger partial charge is 0.383 e. The van der Waals surface area contributed by atoms with Crippen LogP contribution in [0, 0.1) is 0 Å². The number of nitrogens with two attached hydrogens (primary N) is 1. The van der Waals surface area contributed by atoms with Crippen LogP contribution in [0.4, 0.5) is 5.82 Å². The molecular weight excluding hydrogens is 318 g/mol. The number of pyridine rings is 1. The summed E-state index contributed by atoms with van der Waals surface area (Å²) in [4.78, 5) is 18.4. The number of rotatable bonds is 5. The van der Waals surface area contributed by atoms with Crippen molar-refractivity contribution < 1.29 is 4.79 Å². The number of aromatic nitrogens is 1. The van der Waals surface area contributed by atoms with Crippen molar-refractivity contribution in [2.24, 2.45) is 0 Å². The van der Waals surface area contributed by atoms with Gasteiger partial charge in [0, 0.05) is 22.5 Å². The summed E-state index contributed by atoms with van der Waals surface area (Å²) in [5, 5.41) is 2.88. The molecule has 2 aromatic carbocycles. The first kappa shape index (κ1) is 16.1. The van der Waals surface area contributed by atoms with Crippen LogP contribution in [-0.4, -0.2) is 10.9 Å². The zero-order chi connectivity index (χ0) is 16.8. The number of nitrogens with one attached hydrogen (secondary N) is 1. The second-order valence-electron chi connectivity index (χ2n) is 5.18. The highest BCUT2D eigenvalue weighted by Crippen LogP contribution is 2.27. The highest BCUT2D eigenvalue weighted by molar-refractivity contribution is 7.99. The van der Waals surface area contributed by atoms with E-state index in [-0.39, 0.29) is 11.7 Å². The summed E-state index contributed by atoms with van der Waals surface area (Å²) >= 11 is 1.69. The minimum atomic E-state index is -0.221. The smallest absolute Gasteiger partial charge is 0.255 e. The molecule has 1 amide bonds. The van der Waals surface area contributed by atoms with Gasteiger partial charge in [0.15, 0.2) is 0 Å². The van der Waals surface area contributed by atoms with Crippen LogP contribution in [0.25, 0.3) is 0 Å². The van der Waals surface area contributed by atoms with Gasteiger partial charge in [-0.2, -0.15) is 0 Å². The molecule has 5 heteroatoms. The minimum Gasteiger partial charge on any atom is -0.383 e. The fourth-order valence-electron chi connectivity index (χ4n) is 2.23. The molecule has 0 aliphatic carbocycles. The summed E-state index contributed by atoms with van der Waals surface area (Å²) < 4.78 is 0. The van der Waals surface area contributed by atoms with Gasteiger partial charge in [0.2, 0.25) is 0 Å². The highest BCUT2D eigenvalue weighted by Gasteiger charge is 2.09. The first-order valence-corrected chi connectivity index (χ1v) is 8.34. The van der Waals surface area contributed by atoms with Crippen molar-refractivity contribution in [2.75, 3.05) is 5.73 Å². The maximum absolute atomic E-state index is 12.2. The molecule has 0 radical (unpaired) electrons. The van der Waals surface area contributed by atoms with E-state index in [0.29, 0.717) is 12.1 Å². The van der Waals surface area contributed by atoms with Crippen molar-refractivity contribution in [1.82, 2.24) is 10.3 Å². The lowest BCUT2D eigenvalue weighted by Crippen LogP contribution is -2.24. The van der Waals surface area contributed by atoms with Gasteiger partial charge in [-0.1, -0.05) is 42.1 Å². The molecule has 0 aliphatic rings. The monoisotopic (exact) mass is 335 g/mol. The molecule has 0 bridgehead atoms. The summed E-state index contributed by atoms with van der Waals surface area (Å²) in [6, 6.07) is 21.7. The third kappa shape index (κ3) is 4.14. The van der Waals surface area contributed by atoms with Crippen LogP contribution in [0.5, 0.6) is 0 Å². The molecular formula is C19H17N3OS. The number of anilines is 1. The predicted molar refractivity (Wildman–Crippen MR) is 96.8 cm³/mol. The maximum atomic E-state index is 12.2. The number of nitrogen functional groups attached to an aromatic ring is 1. The highest BCUT2D eigenvalue weighted by atomic mass is 32.2. The zero-order valence-corrected chi connectivity index (χ0v) is 13.8. The zero-order valence-electron chi connectivity index (χ0n) is 13.0. The van der Waals surface area contributed by atoms with Gasteiger partial charge in [-0.05, 0) is 42.0 Å². The lowest BCUT2D eigenvalue weighted by atomic mass is 10.2. The second kappa shape index (κ2) is 7.66. The van der Waals surface area contributed by atoms with E-state index in [1.54, 1.807) is 30.1 Å². The number of carbonyl (C=O) groups excluding carboxylic acids is 1. The Morgan fingerprint density at radius 1 is 1.00 bits per heavy atom. The topological polar surface area (TPSA) is 68.0 Å². The summed E-state index contributed by atoms with van der Waals surface area (Å²) in [5.41, 5.74) is 7.15. The number of amides is 1. The normalized spacial score (nSPS) is 10.3. The van der Waals surface area contributed by atoms with Crippen LogP contribution in [0.3, 0.4) is 0 Å². The second-order valence-corrected chi connectivity index (χ2v) is 6.33. The van der Waals surface area contributed by atoms with Crippen LogP contribution in [0.15, 0.2) is 82.7 Å². The van der Waals surface area contributed by atoms with Crippen molar-refractivity contribution >= 4 is 23.5 Å². The Balaban J connectivity index is 1.65. The fourth-order valence-corrected chi connectivity index (χ4v) is 3.15. The molecule has 3 rings (SSSR count). The van der Waals surface area contributed by atoms with Gasteiger partial charge in [0.1, 0.15) is 5.82 Å². The van der Waals surface area contributed by atoms with E-state index in [4.69, 9.17) is 5.73 Å². The summed E-state index contributed by atoms with van der Waals surface area (Å²) in [6.45, 7) is 0.441. The van der Waals surface area contributed by atoms with Gasteiger partial charge in [-0.15, -0.1) is 0 Å². The van der Waals surface area contributed by atoms with Crippen LogP contribution in [0.2, 0.25) is 0 Å². The van der Waals surface area contributed by atoms with Crippen molar-refractivity contribution in [3.8, 4) is 0 Å². The van der Waals surface area contributed by atoms with Crippen LogP contribution in [-0.2, 0) is 6.54 Å². The molecule has 120 valence electrons. The van der Waals surface area contributed by atoms with E-state index >= 15 is 0 Å². The van der Waals surface area contributed by atoms with Crippen LogP contribution >= 0.6 is 11.8 Å². The fraction of sp³-hybridized carbons (Fsp3) is 0.0526. The average Bonchev–Trinajstić information content (AvgIpc) is 2.61. The van der Waals surface area contributed by atoms with Crippen molar-refractivity contribution in [2.45, 2.75) is 16.3 Å². The number of benzene rings is 2. The molecule has 3 aromatic rings. The van der Waals surface area contributed by atoms with E-state index < -0.39 is 0 Å². The summed E-state index contributed by atoms with van der Waals surface area (Å²) in [7, 11) is 0. The molecule has 0 saturated carbocycles. The van der Waals surface area contributed by atoms with Gasteiger partial charge in [0.25, 0.3) is 5.91 Å². The van der Waals surface area contributed by atoms with E-state index in [2.05, 4.69) is 34.6 Å². The first-order chi connectivity index (χ1) is 11.7. The Labute approximate surface area is 145 Å². The van der Waals surface area contributed by atoms with Gasteiger partial charge >= 0.3 is 0 Å². The van der Waals surface area contributed by atoms with Crippen molar-refractivity contribution in [3.63, 3.8) is 0 Å². The molecule has 3 N–H and O–H groups in total. The number of carbonyl (C=O) groups is 1. The van der Waals surface area contributed by atoms with Crippen LogP contribution in [0.1, 0.15) is 15.9 Å². The van der Waals surface area contributed by atoms with E-state index in [0.717, 1.165) is 10.5 Å². The molecule has 24 heavy (non-hydrogen) atoms. The van der Waals surface area contributed by atoms with Gasteiger partial charge < -0.3 is 11.1 Å². The lowest BCUT2D eigenvalue weighted by molar-refractivity contribution is 0.0951. The van der Waals surface area contributed by atoms with Crippen molar-refractivity contribution in [1.29, 1.82) is 0 Å². The van der Waals surface area contributed by atoms with Gasteiger partial charge in [0.05, 0.1) is 5.56 Å². The maximum Gasteiger partial charge on any atom is 0.255 e. The molecule has 1 aromatic heterocycles. The molecule has 1 heterocycles. The summed E-state index contributed by atoms with van der Waals surface area (Å²) in [6.07, 6.45) is 1.57. The minimum absolute atomic E-state index is 0.221. The quantitative estimate of drug-likeness (QED) is 0.745. The molecule has 0 spiro atoms. The number of nitrogens with zero attached hydrogens (tertiary/aromatic N) is 1. The average molecular weight is 335 g/mol. The standard InChI is InChI=1S/C19H17N3OS/c20-18-17(10-5-11-21-18)19(23)22-13-14-6-4-9-16(12-14)24-15-7-2-1-3-8-15/h1-12H,13H2,(H2,20,21)(H,22,23). The number of hydrogen-bond acceptors (Lipinski definition) is 4. The van der Waals surface area contributed by atoms with E-state index in [1.807, 2.05) is 30.3 Å².